The summed E-state index contributed by atoms with van der Waals surface area (Å²) in [5, 5.41) is 16.0. The summed E-state index contributed by atoms with van der Waals surface area (Å²) in [4.78, 5) is 26.2. The van der Waals surface area contributed by atoms with E-state index in [1.807, 2.05) is 109 Å². The molecule has 2 heterocycles. The van der Waals surface area contributed by atoms with Gasteiger partial charge in [0, 0.05) is 30.4 Å². The van der Waals surface area contributed by atoms with Gasteiger partial charge in [0.05, 0.1) is 18.9 Å². The fourth-order valence-corrected chi connectivity index (χ4v) is 4.78. The zero-order valence-corrected chi connectivity index (χ0v) is 23.7. The molecule has 1 aromatic heterocycles. The third-order valence-electron chi connectivity index (χ3n) is 6.90. The van der Waals surface area contributed by atoms with Gasteiger partial charge in [-0.05, 0) is 59.7 Å². The van der Waals surface area contributed by atoms with Gasteiger partial charge in [-0.2, -0.15) is 20.1 Å². The topological polar surface area (TPSA) is 117 Å². The van der Waals surface area contributed by atoms with E-state index in [4.69, 9.17) is 4.74 Å². The summed E-state index contributed by atoms with van der Waals surface area (Å²) in [6.07, 6.45) is 0.606. The normalized spacial score (nSPS) is 14.1. The van der Waals surface area contributed by atoms with Crippen LogP contribution in [-0.2, 0) is 4.79 Å². The Morgan fingerprint density at radius 2 is 1.19 bits per heavy atom. The first kappa shape index (κ1) is 27.4. The van der Waals surface area contributed by atoms with Crippen molar-refractivity contribution in [3.63, 3.8) is 0 Å². The van der Waals surface area contributed by atoms with Crippen LogP contribution in [0.5, 0.6) is 5.75 Å². The van der Waals surface area contributed by atoms with E-state index in [9.17, 15) is 4.79 Å². The molecule has 0 fully saturated rings. The molecule has 6 rings (SSSR count). The average Bonchev–Trinajstić information content (AvgIpc) is 3.49. The SMILES string of the molecule is COc1ccc(C2CC(c3ccc(Nc4nc(Nc5ccccc5)nc(Nc5ccccc5)n4)cc3)=NN2C(C)=O)cc1. The van der Waals surface area contributed by atoms with Gasteiger partial charge in [-0.3, -0.25) is 4.79 Å². The predicted molar refractivity (Wildman–Crippen MR) is 168 cm³/mol. The molecule has 0 spiro atoms. The van der Waals surface area contributed by atoms with Crippen LogP contribution in [0.2, 0.25) is 0 Å². The van der Waals surface area contributed by atoms with Gasteiger partial charge in [0.15, 0.2) is 0 Å². The zero-order valence-electron chi connectivity index (χ0n) is 23.7. The van der Waals surface area contributed by atoms with Crippen molar-refractivity contribution < 1.29 is 9.53 Å². The number of anilines is 6. The lowest BCUT2D eigenvalue weighted by Gasteiger charge is -2.20. The highest BCUT2D eigenvalue weighted by Gasteiger charge is 2.31. The number of hydrogen-bond donors (Lipinski definition) is 3. The van der Waals surface area contributed by atoms with Crippen LogP contribution in [0, 0.1) is 0 Å². The molecule has 0 saturated carbocycles. The smallest absolute Gasteiger partial charge is 0.240 e. The lowest BCUT2D eigenvalue weighted by molar-refractivity contribution is -0.130. The van der Waals surface area contributed by atoms with Gasteiger partial charge in [0.1, 0.15) is 5.75 Å². The summed E-state index contributed by atoms with van der Waals surface area (Å²) in [5.74, 6) is 1.83. The number of methoxy groups -OCH3 is 1. The zero-order chi connectivity index (χ0) is 29.6. The Morgan fingerprint density at radius 3 is 1.65 bits per heavy atom. The first-order valence-electron chi connectivity index (χ1n) is 13.8. The maximum absolute atomic E-state index is 12.4. The fourth-order valence-electron chi connectivity index (χ4n) is 4.78. The van der Waals surface area contributed by atoms with Gasteiger partial charge in [0.2, 0.25) is 23.8 Å². The number of nitrogens with one attached hydrogen (secondary N) is 3. The monoisotopic (exact) mass is 570 g/mol. The number of carbonyl (C=O) groups excluding carboxylic acids is 1. The van der Waals surface area contributed by atoms with Gasteiger partial charge in [-0.25, -0.2) is 5.01 Å². The lowest BCUT2D eigenvalue weighted by atomic mass is 9.98. The maximum Gasteiger partial charge on any atom is 0.240 e. The van der Waals surface area contributed by atoms with E-state index < -0.39 is 0 Å². The molecule has 0 aliphatic carbocycles. The van der Waals surface area contributed by atoms with Gasteiger partial charge < -0.3 is 20.7 Å². The van der Waals surface area contributed by atoms with Crippen LogP contribution in [-0.4, -0.2) is 38.7 Å². The van der Waals surface area contributed by atoms with E-state index >= 15 is 0 Å². The minimum atomic E-state index is -0.174. The van der Waals surface area contributed by atoms with Crippen molar-refractivity contribution >= 4 is 46.5 Å². The second-order valence-corrected chi connectivity index (χ2v) is 9.89. The molecule has 1 amide bonds. The van der Waals surface area contributed by atoms with Crippen LogP contribution < -0.4 is 20.7 Å². The molecular weight excluding hydrogens is 540 g/mol. The Bertz CT molecular complexity index is 1670. The highest BCUT2D eigenvalue weighted by atomic mass is 16.5. The molecule has 0 saturated heterocycles. The van der Waals surface area contributed by atoms with Crippen LogP contribution in [0.25, 0.3) is 0 Å². The summed E-state index contributed by atoms with van der Waals surface area (Å²) in [6.45, 7) is 1.53. The highest BCUT2D eigenvalue weighted by molar-refractivity contribution is 6.03. The van der Waals surface area contributed by atoms with E-state index in [1.54, 1.807) is 12.1 Å². The van der Waals surface area contributed by atoms with E-state index in [0.717, 1.165) is 39.7 Å². The van der Waals surface area contributed by atoms with Gasteiger partial charge in [0.25, 0.3) is 0 Å². The van der Waals surface area contributed by atoms with Crippen molar-refractivity contribution in [1.82, 2.24) is 20.0 Å². The Kier molecular flexibility index (Phi) is 7.90. The summed E-state index contributed by atoms with van der Waals surface area (Å²) in [6, 6.07) is 34.8. The van der Waals surface area contributed by atoms with E-state index in [0.29, 0.717) is 24.3 Å². The molecule has 10 nitrogen and oxygen atoms in total. The molecule has 1 aliphatic rings. The molecule has 4 aromatic carbocycles. The van der Waals surface area contributed by atoms with Crippen molar-refractivity contribution in [2.24, 2.45) is 5.10 Å². The molecule has 43 heavy (non-hydrogen) atoms. The summed E-state index contributed by atoms with van der Waals surface area (Å²) in [5.41, 5.74) is 5.29. The van der Waals surface area contributed by atoms with Crippen LogP contribution in [0.4, 0.5) is 34.9 Å². The third kappa shape index (κ3) is 6.59. The number of ether oxygens (including phenoxy) is 1. The molecular formula is C33H30N8O2. The first-order valence-corrected chi connectivity index (χ1v) is 13.8. The second-order valence-electron chi connectivity index (χ2n) is 9.89. The molecule has 10 heteroatoms. The highest BCUT2D eigenvalue weighted by Crippen LogP contribution is 2.34. The van der Waals surface area contributed by atoms with Crippen molar-refractivity contribution in [3.8, 4) is 5.75 Å². The number of nitrogens with zero attached hydrogens (tertiary/aromatic N) is 5. The van der Waals surface area contributed by atoms with Crippen molar-refractivity contribution in [3.05, 3.63) is 120 Å². The summed E-state index contributed by atoms with van der Waals surface area (Å²) >= 11 is 0. The quantitative estimate of drug-likeness (QED) is 0.177. The minimum Gasteiger partial charge on any atom is -0.497 e. The lowest BCUT2D eigenvalue weighted by Crippen LogP contribution is -2.24. The Labute approximate surface area is 249 Å². The Morgan fingerprint density at radius 1 is 0.698 bits per heavy atom. The number of benzene rings is 4. The first-order chi connectivity index (χ1) is 21.0. The molecule has 0 radical (unpaired) electrons. The Balaban J connectivity index is 1.21. The van der Waals surface area contributed by atoms with E-state index in [-0.39, 0.29) is 11.9 Å². The number of amides is 1. The summed E-state index contributed by atoms with van der Waals surface area (Å²) < 4.78 is 5.28. The molecule has 3 N–H and O–H groups in total. The predicted octanol–water partition coefficient (Wildman–Crippen LogP) is 6.81. The number of rotatable bonds is 9. The number of aromatic nitrogens is 3. The second kappa shape index (κ2) is 12.4. The number of hydrazone groups is 1. The molecule has 214 valence electrons. The van der Waals surface area contributed by atoms with Gasteiger partial charge >= 0.3 is 0 Å². The van der Waals surface area contributed by atoms with Crippen LogP contribution in [0.3, 0.4) is 0 Å². The number of carbonyl (C=O) groups is 1. The van der Waals surface area contributed by atoms with Crippen molar-refractivity contribution in [2.45, 2.75) is 19.4 Å². The van der Waals surface area contributed by atoms with Crippen LogP contribution in [0.1, 0.15) is 30.5 Å². The Hall–Kier alpha value is -5.77. The van der Waals surface area contributed by atoms with Crippen LogP contribution >= 0.6 is 0 Å². The fraction of sp³-hybridized carbons (Fsp3) is 0.121. The number of hydrogen-bond acceptors (Lipinski definition) is 9. The largest absolute Gasteiger partial charge is 0.497 e. The minimum absolute atomic E-state index is 0.108. The molecule has 1 atom stereocenters. The van der Waals surface area contributed by atoms with Gasteiger partial charge in [-0.1, -0.05) is 60.7 Å². The standard InChI is InChI=1S/C33H30N8O2/c1-22(42)41-30(24-15-19-28(43-2)20-16-24)21-29(40-41)23-13-17-27(18-14-23)36-33-38-31(34-25-9-5-3-6-10-25)37-32(39-33)35-26-11-7-4-8-12-26/h3-20,30H,21H2,1-2H3,(H3,34,35,36,37,38,39). The molecule has 5 aromatic rings. The third-order valence-corrected chi connectivity index (χ3v) is 6.90. The molecule has 1 unspecified atom stereocenters. The van der Waals surface area contributed by atoms with E-state index in [1.165, 1.54) is 6.92 Å². The summed E-state index contributed by atoms with van der Waals surface area (Å²) in [7, 11) is 1.63. The molecule has 0 bridgehead atoms. The molecule has 1 aliphatic heterocycles. The van der Waals surface area contributed by atoms with Crippen molar-refractivity contribution in [1.29, 1.82) is 0 Å². The average molecular weight is 571 g/mol. The van der Waals surface area contributed by atoms with Crippen molar-refractivity contribution in [2.75, 3.05) is 23.1 Å². The maximum atomic E-state index is 12.4. The van der Waals surface area contributed by atoms with Gasteiger partial charge in [-0.15, -0.1) is 0 Å². The van der Waals surface area contributed by atoms with Crippen LogP contribution in [0.15, 0.2) is 114 Å². The van der Waals surface area contributed by atoms with E-state index in [2.05, 4.69) is 36.0 Å². The number of para-hydroxylation sites is 2.